The van der Waals surface area contributed by atoms with Gasteiger partial charge in [-0.1, -0.05) is 29.5 Å². The van der Waals surface area contributed by atoms with Crippen molar-refractivity contribution in [2.24, 2.45) is 0 Å². The highest BCUT2D eigenvalue weighted by molar-refractivity contribution is 7.20. The second-order valence-electron chi connectivity index (χ2n) is 4.93. The first kappa shape index (κ1) is 14.3. The number of fused-ring (bicyclic) bond motifs is 1. The van der Waals surface area contributed by atoms with Gasteiger partial charge in [-0.25, -0.2) is 9.97 Å². The molecular formula is C16H12N6OS. The van der Waals surface area contributed by atoms with Crippen LogP contribution in [0, 0.1) is 0 Å². The third-order valence-corrected chi connectivity index (χ3v) is 4.07. The maximum Gasteiger partial charge on any atom is 0.275 e. The van der Waals surface area contributed by atoms with Crippen molar-refractivity contribution >= 4 is 38.6 Å². The number of nitrogens with one attached hydrogen (secondary N) is 2. The molecule has 0 saturated carbocycles. The molecule has 4 rings (SSSR count). The van der Waals surface area contributed by atoms with E-state index in [4.69, 9.17) is 0 Å². The lowest BCUT2D eigenvalue weighted by Gasteiger charge is -2.06. The zero-order chi connectivity index (χ0) is 16.4. The van der Waals surface area contributed by atoms with E-state index >= 15 is 0 Å². The first-order chi connectivity index (χ1) is 11.8. The molecule has 0 saturated heterocycles. The van der Waals surface area contributed by atoms with Gasteiger partial charge in [-0.3, -0.25) is 4.79 Å². The second kappa shape index (κ2) is 6.09. The summed E-state index contributed by atoms with van der Waals surface area (Å²) in [5.74, 6) is 0.744. The van der Waals surface area contributed by atoms with Crippen LogP contribution < -0.4 is 16.2 Å². The summed E-state index contributed by atoms with van der Waals surface area (Å²) in [6.07, 6.45) is 3.18. The lowest BCUT2D eigenvalue weighted by Crippen LogP contribution is -2.12. The van der Waals surface area contributed by atoms with Crippen molar-refractivity contribution in [2.45, 2.75) is 0 Å². The topological polar surface area (TPSA) is 84.2 Å². The number of anilines is 4. The zero-order valence-electron chi connectivity index (χ0n) is 12.4. The monoisotopic (exact) mass is 336 g/mol. The fourth-order valence-electron chi connectivity index (χ4n) is 2.13. The Morgan fingerprint density at radius 2 is 1.79 bits per heavy atom. The Balaban J connectivity index is 1.52. The summed E-state index contributed by atoms with van der Waals surface area (Å²) in [6, 6.07) is 15.0. The van der Waals surface area contributed by atoms with Gasteiger partial charge in [0.05, 0.1) is 11.9 Å². The number of nitrogens with zero attached hydrogens (tertiary/aromatic N) is 4. The maximum atomic E-state index is 11.7. The van der Waals surface area contributed by atoms with Gasteiger partial charge in [0.15, 0.2) is 0 Å². The van der Waals surface area contributed by atoms with Crippen LogP contribution in [0.25, 0.3) is 4.96 Å². The van der Waals surface area contributed by atoms with Crippen LogP contribution in [0.3, 0.4) is 0 Å². The number of hydrogen-bond acceptors (Lipinski definition) is 7. The van der Waals surface area contributed by atoms with Crippen LogP contribution >= 0.6 is 11.3 Å². The van der Waals surface area contributed by atoms with Gasteiger partial charge in [0.25, 0.3) is 5.56 Å². The third-order valence-electron chi connectivity index (χ3n) is 3.23. The Morgan fingerprint density at radius 3 is 2.54 bits per heavy atom. The number of hydrogen-bond donors (Lipinski definition) is 2. The smallest absolute Gasteiger partial charge is 0.275 e. The lowest BCUT2D eigenvalue weighted by molar-refractivity contribution is 0.903. The number of pyridine rings is 1. The molecule has 24 heavy (non-hydrogen) atoms. The summed E-state index contributed by atoms with van der Waals surface area (Å²) in [6.45, 7) is 0. The average molecular weight is 336 g/mol. The van der Waals surface area contributed by atoms with Crippen molar-refractivity contribution < 1.29 is 0 Å². The van der Waals surface area contributed by atoms with Crippen LogP contribution in [-0.4, -0.2) is 19.6 Å². The Hall–Kier alpha value is -3.26. The standard InChI is InChI=1S/C16H12N6OS/c23-14-8-9-17-16-22(14)21-15(24-16)20-12-6-7-13(18-10-12)19-11-4-2-1-3-5-11/h1-10H,(H,18,19)(H,20,21). The van der Waals surface area contributed by atoms with Crippen molar-refractivity contribution in [3.8, 4) is 0 Å². The Kier molecular flexibility index (Phi) is 3.64. The second-order valence-corrected chi connectivity index (χ2v) is 5.89. The molecule has 118 valence electrons. The first-order valence-corrected chi connectivity index (χ1v) is 8.00. The maximum absolute atomic E-state index is 11.7. The van der Waals surface area contributed by atoms with Crippen LogP contribution in [0.2, 0.25) is 0 Å². The van der Waals surface area contributed by atoms with Gasteiger partial charge in [0.1, 0.15) is 5.82 Å². The van der Waals surface area contributed by atoms with E-state index in [2.05, 4.69) is 25.7 Å². The van der Waals surface area contributed by atoms with Crippen LogP contribution in [0.15, 0.2) is 65.7 Å². The molecule has 0 amide bonds. The number of aromatic nitrogens is 4. The van der Waals surface area contributed by atoms with Crippen molar-refractivity contribution in [3.05, 3.63) is 71.3 Å². The highest BCUT2D eigenvalue weighted by Crippen LogP contribution is 2.22. The number of benzene rings is 1. The largest absolute Gasteiger partial charge is 0.340 e. The molecule has 3 heterocycles. The van der Waals surface area contributed by atoms with Crippen LogP contribution in [-0.2, 0) is 0 Å². The average Bonchev–Trinajstić information content (AvgIpc) is 3.02. The predicted octanol–water partition coefficient (Wildman–Crippen LogP) is 3.03. The minimum Gasteiger partial charge on any atom is -0.340 e. The molecule has 0 bridgehead atoms. The van der Waals surface area contributed by atoms with Gasteiger partial charge in [-0.15, -0.1) is 5.10 Å². The molecule has 0 aliphatic rings. The van der Waals surface area contributed by atoms with Crippen LogP contribution in [0.1, 0.15) is 0 Å². The predicted molar refractivity (Wildman–Crippen MR) is 94.4 cm³/mol. The van der Waals surface area contributed by atoms with E-state index in [0.29, 0.717) is 10.1 Å². The quantitative estimate of drug-likeness (QED) is 0.596. The lowest BCUT2D eigenvalue weighted by atomic mass is 10.3. The van der Waals surface area contributed by atoms with Crippen molar-refractivity contribution in [3.63, 3.8) is 0 Å². The molecule has 8 heteroatoms. The third kappa shape index (κ3) is 2.95. The molecule has 7 nitrogen and oxygen atoms in total. The zero-order valence-corrected chi connectivity index (χ0v) is 13.2. The summed E-state index contributed by atoms with van der Waals surface area (Å²) < 4.78 is 1.27. The van der Waals surface area contributed by atoms with E-state index in [9.17, 15) is 4.79 Å². The molecule has 0 unspecified atom stereocenters. The molecule has 2 N–H and O–H groups in total. The van der Waals surface area contributed by atoms with Crippen molar-refractivity contribution in [1.29, 1.82) is 0 Å². The first-order valence-electron chi connectivity index (χ1n) is 7.18. The summed E-state index contributed by atoms with van der Waals surface area (Å²) in [4.78, 5) is 20.7. The highest BCUT2D eigenvalue weighted by Gasteiger charge is 2.06. The molecule has 1 aromatic carbocycles. The minimum absolute atomic E-state index is 0.204. The van der Waals surface area contributed by atoms with E-state index in [0.717, 1.165) is 17.2 Å². The molecule has 0 aliphatic heterocycles. The molecule has 4 aromatic rings. The molecule has 3 aromatic heterocycles. The van der Waals surface area contributed by atoms with Crippen LogP contribution in [0.4, 0.5) is 22.3 Å². The number of para-hydroxylation sites is 1. The van der Waals surface area contributed by atoms with Crippen molar-refractivity contribution in [2.75, 3.05) is 10.6 Å². The van der Waals surface area contributed by atoms with E-state index in [1.165, 1.54) is 28.1 Å². The minimum atomic E-state index is -0.204. The molecule has 0 aliphatic carbocycles. The van der Waals surface area contributed by atoms with Crippen LogP contribution in [0.5, 0.6) is 0 Å². The molecule has 0 spiro atoms. The van der Waals surface area contributed by atoms with E-state index in [1.807, 2.05) is 42.5 Å². The van der Waals surface area contributed by atoms with Crippen molar-refractivity contribution in [1.82, 2.24) is 19.6 Å². The highest BCUT2D eigenvalue weighted by atomic mass is 32.1. The SMILES string of the molecule is O=c1ccnc2sc(Nc3ccc(Nc4ccccc4)nc3)nn12. The summed E-state index contributed by atoms with van der Waals surface area (Å²) in [5.41, 5.74) is 1.55. The Morgan fingerprint density at radius 1 is 0.917 bits per heavy atom. The van der Waals surface area contributed by atoms with Gasteiger partial charge in [-0.2, -0.15) is 4.52 Å². The van der Waals surface area contributed by atoms with Gasteiger partial charge in [-0.05, 0) is 24.3 Å². The van der Waals surface area contributed by atoms with E-state index < -0.39 is 0 Å². The van der Waals surface area contributed by atoms with Gasteiger partial charge >= 0.3 is 0 Å². The van der Waals surface area contributed by atoms with Gasteiger partial charge in [0.2, 0.25) is 10.1 Å². The molecule has 0 atom stereocenters. The molecule has 0 radical (unpaired) electrons. The van der Waals surface area contributed by atoms with E-state index in [-0.39, 0.29) is 5.56 Å². The summed E-state index contributed by atoms with van der Waals surface area (Å²) >= 11 is 1.30. The van der Waals surface area contributed by atoms with Gasteiger partial charge < -0.3 is 10.6 Å². The Bertz CT molecular complexity index is 1030. The van der Waals surface area contributed by atoms with Gasteiger partial charge in [0, 0.05) is 18.0 Å². The normalized spacial score (nSPS) is 10.7. The molecule has 0 fully saturated rings. The Labute approximate surface area is 140 Å². The molecular weight excluding hydrogens is 324 g/mol. The van der Waals surface area contributed by atoms with E-state index in [1.54, 1.807) is 6.20 Å². The fourth-order valence-corrected chi connectivity index (χ4v) is 2.92. The summed E-state index contributed by atoms with van der Waals surface area (Å²) in [7, 11) is 0. The fraction of sp³-hybridized carbons (Fsp3) is 0. The number of rotatable bonds is 4. The summed E-state index contributed by atoms with van der Waals surface area (Å²) in [5, 5.41) is 11.1.